The molecular formula is C22H17N3S. The summed E-state index contributed by atoms with van der Waals surface area (Å²) in [5.74, 6) is 0. The molecule has 3 nitrogen and oxygen atoms in total. The van der Waals surface area contributed by atoms with E-state index in [9.17, 15) is 0 Å². The molecule has 5 rings (SSSR count). The molecule has 0 unspecified atom stereocenters. The van der Waals surface area contributed by atoms with E-state index in [1.807, 2.05) is 0 Å². The minimum Gasteiger partial charge on any atom is -0.341 e. The van der Waals surface area contributed by atoms with Crippen molar-refractivity contribution < 1.29 is 0 Å². The third kappa shape index (κ3) is 2.74. The van der Waals surface area contributed by atoms with Gasteiger partial charge in [-0.2, -0.15) is 0 Å². The van der Waals surface area contributed by atoms with Gasteiger partial charge in [-0.15, -0.1) is 11.3 Å². The molecule has 4 heteroatoms. The first-order valence-electron chi connectivity index (χ1n) is 8.60. The monoisotopic (exact) mass is 355 g/mol. The molecule has 2 aromatic heterocycles. The van der Waals surface area contributed by atoms with E-state index in [-0.39, 0.29) is 0 Å². The molecule has 0 atom stereocenters. The summed E-state index contributed by atoms with van der Waals surface area (Å²) in [7, 11) is 0. The van der Waals surface area contributed by atoms with Gasteiger partial charge in [0.25, 0.3) is 0 Å². The summed E-state index contributed by atoms with van der Waals surface area (Å²) in [5, 5.41) is 10.2. The lowest BCUT2D eigenvalue weighted by Crippen LogP contribution is -1.98. The predicted molar refractivity (Wildman–Crippen MR) is 110 cm³/mol. The summed E-state index contributed by atoms with van der Waals surface area (Å²) in [4.78, 5) is 4.78. The number of nitrogens with one attached hydrogen (secondary N) is 1. The highest BCUT2D eigenvalue weighted by molar-refractivity contribution is 7.13. The van der Waals surface area contributed by atoms with Crippen LogP contribution in [0.25, 0.3) is 21.7 Å². The molecule has 0 bridgehead atoms. The summed E-state index contributed by atoms with van der Waals surface area (Å²) in [6.07, 6.45) is 2.13. The van der Waals surface area contributed by atoms with Crippen molar-refractivity contribution in [1.82, 2.24) is 9.55 Å². The second kappa shape index (κ2) is 6.32. The lowest BCUT2D eigenvalue weighted by Gasteiger charge is -2.07. The summed E-state index contributed by atoms with van der Waals surface area (Å²) in [6, 6.07) is 25.3. The fourth-order valence-electron chi connectivity index (χ4n) is 3.34. The second-order valence-electron chi connectivity index (χ2n) is 6.30. The first-order chi connectivity index (χ1) is 12.9. The third-order valence-corrected chi connectivity index (χ3v) is 5.40. The van der Waals surface area contributed by atoms with Crippen LogP contribution in [0.1, 0.15) is 5.69 Å². The van der Waals surface area contributed by atoms with Crippen molar-refractivity contribution in [2.75, 3.05) is 5.32 Å². The van der Waals surface area contributed by atoms with Crippen molar-refractivity contribution in [2.24, 2.45) is 0 Å². The van der Waals surface area contributed by atoms with Crippen molar-refractivity contribution >= 4 is 43.8 Å². The number of nitrogens with zero attached hydrogens (tertiary/aromatic N) is 2. The molecule has 3 aromatic carbocycles. The molecule has 0 aliphatic carbocycles. The maximum atomic E-state index is 4.78. The molecule has 0 saturated carbocycles. The number of fused-ring (bicyclic) bond motifs is 2. The SMILES string of the molecule is c1ccc2c(Nc3nc(Cn4ccc5ccccc54)cs3)cccc2c1. The number of benzene rings is 3. The minimum atomic E-state index is 0.779. The summed E-state index contributed by atoms with van der Waals surface area (Å²) in [6.45, 7) is 0.779. The smallest absolute Gasteiger partial charge is 0.187 e. The molecule has 126 valence electrons. The van der Waals surface area contributed by atoms with Crippen molar-refractivity contribution in [3.63, 3.8) is 0 Å². The highest BCUT2D eigenvalue weighted by Gasteiger charge is 2.07. The van der Waals surface area contributed by atoms with E-state index in [0.717, 1.165) is 23.1 Å². The standard InChI is InChI=1S/C22H17N3S/c1-3-9-19-16(6-1)8-5-10-20(19)24-22-23-18(15-26-22)14-25-13-12-17-7-2-4-11-21(17)25/h1-13,15H,14H2,(H,23,24). The average Bonchev–Trinajstić information content (AvgIpc) is 3.30. The Labute approximate surface area is 155 Å². The number of rotatable bonds is 4. The highest BCUT2D eigenvalue weighted by atomic mass is 32.1. The van der Waals surface area contributed by atoms with E-state index < -0.39 is 0 Å². The first kappa shape index (κ1) is 15.2. The van der Waals surface area contributed by atoms with Gasteiger partial charge in [-0.3, -0.25) is 0 Å². The van der Waals surface area contributed by atoms with Crippen LogP contribution in [0.4, 0.5) is 10.8 Å². The third-order valence-electron chi connectivity index (χ3n) is 4.60. The van der Waals surface area contributed by atoms with Gasteiger partial charge in [0.05, 0.1) is 12.2 Å². The van der Waals surface area contributed by atoms with Gasteiger partial charge in [-0.1, -0.05) is 54.6 Å². The molecule has 0 aliphatic heterocycles. The lowest BCUT2D eigenvalue weighted by atomic mass is 10.1. The fraction of sp³-hybridized carbons (Fsp3) is 0.0455. The van der Waals surface area contributed by atoms with Crippen LogP contribution in [0.15, 0.2) is 84.4 Å². The van der Waals surface area contributed by atoms with Crippen LogP contribution in [0, 0.1) is 0 Å². The van der Waals surface area contributed by atoms with Gasteiger partial charge >= 0.3 is 0 Å². The number of para-hydroxylation sites is 1. The summed E-state index contributed by atoms with van der Waals surface area (Å²) >= 11 is 1.64. The molecule has 0 saturated heterocycles. The van der Waals surface area contributed by atoms with Crippen LogP contribution < -0.4 is 5.32 Å². The van der Waals surface area contributed by atoms with E-state index in [2.05, 4.69) is 94.3 Å². The van der Waals surface area contributed by atoms with E-state index in [1.165, 1.54) is 21.7 Å². The van der Waals surface area contributed by atoms with Crippen molar-refractivity contribution in [3.05, 3.63) is 90.1 Å². The van der Waals surface area contributed by atoms with Crippen molar-refractivity contribution in [2.45, 2.75) is 6.54 Å². The summed E-state index contributed by atoms with van der Waals surface area (Å²) in [5.41, 5.74) is 3.40. The Morgan fingerprint density at radius 2 is 1.65 bits per heavy atom. The highest BCUT2D eigenvalue weighted by Crippen LogP contribution is 2.28. The van der Waals surface area contributed by atoms with Crippen LogP contribution in [-0.4, -0.2) is 9.55 Å². The lowest BCUT2D eigenvalue weighted by molar-refractivity contribution is 0.815. The van der Waals surface area contributed by atoms with Crippen LogP contribution in [0.2, 0.25) is 0 Å². The normalized spacial score (nSPS) is 11.2. The Morgan fingerprint density at radius 3 is 2.62 bits per heavy atom. The maximum Gasteiger partial charge on any atom is 0.187 e. The Hall–Kier alpha value is -3.11. The van der Waals surface area contributed by atoms with Gasteiger partial charge in [0, 0.05) is 28.2 Å². The Kier molecular flexibility index (Phi) is 3.68. The molecule has 5 aromatic rings. The Morgan fingerprint density at radius 1 is 0.846 bits per heavy atom. The van der Waals surface area contributed by atoms with E-state index >= 15 is 0 Å². The average molecular weight is 355 g/mol. The molecule has 0 fully saturated rings. The number of thiazole rings is 1. The van der Waals surface area contributed by atoms with Gasteiger partial charge in [0.15, 0.2) is 5.13 Å². The zero-order valence-electron chi connectivity index (χ0n) is 14.1. The molecule has 0 radical (unpaired) electrons. The topological polar surface area (TPSA) is 29.9 Å². The molecule has 0 spiro atoms. The molecule has 2 heterocycles. The van der Waals surface area contributed by atoms with E-state index in [1.54, 1.807) is 11.3 Å². The van der Waals surface area contributed by atoms with Crippen LogP contribution >= 0.6 is 11.3 Å². The molecule has 1 N–H and O–H groups in total. The number of hydrogen-bond acceptors (Lipinski definition) is 3. The predicted octanol–water partition coefficient (Wildman–Crippen LogP) is 6.04. The number of anilines is 2. The maximum absolute atomic E-state index is 4.78. The van der Waals surface area contributed by atoms with Gasteiger partial charge in [0.2, 0.25) is 0 Å². The second-order valence-corrected chi connectivity index (χ2v) is 7.16. The molecule has 0 amide bonds. The number of hydrogen-bond donors (Lipinski definition) is 1. The minimum absolute atomic E-state index is 0.779. The van der Waals surface area contributed by atoms with E-state index in [4.69, 9.17) is 4.98 Å². The Balaban J connectivity index is 1.41. The zero-order valence-corrected chi connectivity index (χ0v) is 14.9. The van der Waals surface area contributed by atoms with Gasteiger partial charge in [-0.05, 0) is 29.0 Å². The van der Waals surface area contributed by atoms with E-state index in [0.29, 0.717) is 0 Å². The largest absolute Gasteiger partial charge is 0.341 e. The Bertz CT molecular complexity index is 1200. The van der Waals surface area contributed by atoms with Crippen molar-refractivity contribution in [1.29, 1.82) is 0 Å². The van der Waals surface area contributed by atoms with Gasteiger partial charge in [0.1, 0.15) is 0 Å². The van der Waals surface area contributed by atoms with Gasteiger partial charge in [-0.25, -0.2) is 4.98 Å². The fourth-order valence-corrected chi connectivity index (χ4v) is 4.05. The molecular weight excluding hydrogens is 338 g/mol. The van der Waals surface area contributed by atoms with Gasteiger partial charge < -0.3 is 9.88 Å². The summed E-state index contributed by atoms with van der Waals surface area (Å²) < 4.78 is 2.24. The zero-order chi connectivity index (χ0) is 17.3. The van der Waals surface area contributed by atoms with Crippen LogP contribution in [0.5, 0.6) is 0 Å². The quantitative estimate of drug-likeness (QED) is 0.426. The first-order valence-corrected chi connectivity index (χ1v) is 9.48. The molecule has 26 heavy (non-hydrogen) atoms. The van der Waals surface area contributed by atoms with Crippen LogP contribution in [0.3, 0.4) is 0 Å². The van der Waals surface area contributed by atoms with Crippen molar-refractivity contribution in [3.8, 4) is 0 Å². The van der Waals surface area contributed by atoms with Crippen LogP contribution in [-0.2, 0) is 6.54 Å². The molecule has 0 aliphatic rings. The number of aromatic nitrogens is 2.